The summed E-state index contributed by atoms with van der Waals surface area (Å²) in [4.78, 5) is 41.6. The fraction of sp³-hybridized carbons (Fsp3) is 0.276. The number of ether oxygens (including phenoxy) is 1. The molecule has 2 atom stereocenters. The summed E-state index contributed by atoms with van der Waals surface area (Å²) in [6, 6.07) is 25.6. The highest BCUT2D eigenvalue weighted by Gasteiger charge is 2.43. The van der Waals surface area contributed by atoms with E-state index in [2.05, 4.69) is 0 Å². The number of morpholine rings is 1. The molecule has 3 aromatic carbocycles. The van der Waals surface area contributed by atoms with Crippen molar-refractivity contribution in [3.05, 3.63) is 107 Å². The van der Waals surface area contributed by atoms with Crippen molar-refractivity contribution in [1.29, 1.82) is 0 Å². The summed E-state index contributed by atoms with van der Waals surface area (Å²) < 4.78 is 5.89. The van der Waals surface area contributed by atoms with E-state index in [4.69, 9.17) is 16.3 Å². The first-order valence-corrected chi connectivity index (χ1v) is 12.5. The van der Waals surface area contributed by atoms with Crippen molar-refractivity contribution in [2.24, 2.45) is 0 Å². The Labute approximate surface area is 221 Å². The van der Waals surface area contributed by atoms with Gasteiger partial charge in [-0.2, -0.15) is 0 Å². The van der Waals surface area contributed by atoms with Gasteiger partial charge in [-0.05, 0) is 35.2 Å². The Morgan fingerprint density at radius 1 is 0.946 bits per heavy atom. The van der Waals surface area contributed by atoms with Gasteiger partial charge in [-0.1, -0.05) is 84.4 Å². The minimum Gasteiger partial charge on any atom is -0.481 e. The zero-order valence-electron chi connectivity index (χ0n) is 20.3. The number of amides is 2. The maximum absolute atomic E-state index is 13.9. The topological polar surface area (TPSA) is 87.1 Å². The number of carboxylic acids is 1. The van der Waals surface area contributed by atoms with E-state index in [0.717, 1.165) is 16.7 Å². The lowest BCUT2D eigenvalue weighted by molar-refractivity contribution is -0.170. The molecule has 0 aromatic heterocycles. The second-order valence-electron chi connectivity index (χ2n) is 8.94. The molecule has 0 unspecified atom stereocenters. The summed E-state index contributed by atoms with van der Waals surface area (Å²) in [5, 5.41) is 9.86. The van der Waals surface area contributed by atoms with Crippen LogP contribution in [0.5, 0.6) is 0 Å². The third kappa shape index (κ3) is 6.96. The molecule has 7 nitrogen and oxygen atoms in total. The number of carboxylic acid groups (broad SMARTS) is 1. The molecule has 1 heterocycles. The first-order valence-electron chi connectivity index (χ1n) is 12.2. The normalized spacial score (nSPS) is 17.4. The van der Waals surface area contributed by atoms with Crippen LogP contribution in [0.4, 0.5) is 0 Å². The Morgan fingerprint density at radius 3 is 2.30 bits per heavy atom. The van der Waals surface area contributed by atoms with Gasteiger partial charge in [-0.15, -0.1) is 0 Å². The Bertz CT molecular complexity index is 1220. The van der Waals surface area contributed by atoms with Crippen LogP contribution in [0.25, 0.3) is 0 Å². The van der Waals surface area contributed by atoms with Gasteiger partial charge in [0.1, 0.15) is 6.61 Å². The van der Waals surface area contributed by atoms with Crippen LogP contribution in [0.3, 0.4) is 0 Å². The van der Waals surface area contributed by atoms with Gasteiger partial charge in [0.2, 0.25) is 5.91 Å². The SMILES string of the molecule is O=C(O)CCN(CCc1ccccc1)C(=O)[C@@H]1OCC(=O)N(Cc2cccc(Cl)c2)[C@@H]1c1ccccc1. The molecular formula is C29H29ClN2O5. The van der Waals surface area contributed by atoms with Gasteiger partial charge in [-0.25, -0.2) is 0 Å². The number of hydrogen-bond acceptors (Lipinski definition) is 4. The van der Waals surface area contributed by atoms with E-state index in [0.29, 0.717) is 18.0 Å². The van der Waals surface area contributed by atoms with Crippen molar-refractivity contribution in [3.8, 4) is 0 Å². The predicted octanol–water partition coefficient (Wildman–Crippen LogP) is 4.35. The fourth-order valence-corrected chi connectivity index (χ4v) is 4.75. The van der Waals surface area contributed by atoms with E-state index in [1.165, 1.54) is 4.90 Å². The molecular weight excluding hydrogens is 492 g/mol. The highest BCUT2D eigenvalue weighted by molar-refractivity contribution is 6.30. The van der Waals surface area contributed by atoms with E-state index in [1.807, 2.05) is 72.8 Å². The van der Waals surface area contributed by atoms with Gasteiger partial charge >= 0.3 is 5.97 Å². The summed E-state index contributed by atoms with van der Waals surface area (Å²) in [5.41, 5.74) is 2.64. The Morgan fingerprint density at radius 2 is 1.62 bits per heavy atom. The molecule has 3 aromatic rings. The number of halogens is 1. The predicted molar refractivity (Wildman–Crippen MR) is 140 cm³/mol. The van der Waals surface area contributed by atoms with Gasteiger partial charge in [0.25, 0.3) is 5.91 Å². The van der Waals surface area contributed by atoms with Crippen molar-refractivity contribution < 1.29 is 24.2 Å². The summed E-state index contributed by atoms with van der Waals surface area (Å²) >= 11 is 6.18. The highest BCUT2D eigenvalue weighted by atomic mass is 35.5. The molecule has 0 radical (unpaired) electrons. The number of aliphatic carboxylic acids is 1. The van der Waals surface area contributed by atoms with Crippen molar-refractivity contribution in [2.45, 2.75) is 31.5 Å². The van der Waals surface area contributed by atoms with E-state index in [1.54, 1.807) is 17.0 Å². The lowest BCUT2D eigenvalue weighted by Gasteiger charge is -2.42. The summed E-state index contributed by atoms with van der Waals surface area (Å²) in [6.45, 7) is 0.390. The van der Waals surface area contributed by atoms with Crippen molar-refractivity contribution in [1.82, 2.24) is 9.80 Å². The number of carbonyl (C=O) groups is 3. The van der Waals surface area contributed by atoms with Crippen LogP contribution in [0, 0.1) is 0 Å². The summed E-state index contributed by atoms with van der Waals surface area (Å²) in [6.07, 6.45) is -0.599. The van der Waals surface area contributed by atoms with Crippen molar-refractivity contribution in [3.63, 3.8) is 0 Å². The highest BCUT2D eigenvalue weighted by Crippen LogP contribution is 2.33. The minimum absolute atomic E-state index is 0.0462. The van der Waals surface area contributed by atoms with Gasteiger partial charge in [0, 0.05) is 24.7 Å². The molecule has 1 saturated heterocycles. The second-order valence-corrected chi connectivity index (χ2v) is 9.38. The maximum Gasteiger partial charge on any atom is 0.305 e. The van der Waals surface area contributed by atoms with Crippen LogP contribution >= 0.6 is 11.6 Å². The molecule has 0 bridgehead atoms. The van der Waals surface area contributed by atoms with Gasteiger partial charge in [-0.3, -0.25) is 14.4 Å². The standard InChI is InChI=1S/C29H29ClN2O5/c30-24-13-7-10-22(18-24)19-32-25(33)20-37-28(27(32)23-11-5-2-6-12-23)29(36)31(17-15-26(34)35)16-14-21-8-3-1-4-9-21/h1-13,18,27-28H,14-17,19-20H2,(H,34,35)/t27-,28-/m1/s1. The molecule has 1 aliphatic rings. The largest absolute Gasteiger partial charge is 0.481 e. The first kappa shape index (κ1) is 26.4. The van der Waals surface area contributed by atoms with Gasteiger partial charge in [0.15, 0.2) is 6.10 Å². The van der Waals surface area contributed by atoms with Gasteiger partial charge in [0.05, 0.1) is 12.5 Å². The van der Waals surface area contributed by atoms with Crippen molar-refractivity contribution in [2.75, 3.05) is 19.7 Å². The minimum atomic E-state index is -0.987. The monoisotopic (exact) mass is 520 g/mol. The Balaban J connectivity index is 1.64. The van der Waals surface area contributed by atoms with Crippen LogP contribution in [0.2, 0.25) is 5.02 Å². The van der Waals surface area contributed by atoms with Crippen LogP contribution in [0.1, 0.15) is 29.2 Å². The Kier molecular flexibility index (Phi) is 8.93. The van der Waals surface area contributed by atoms with Crippen LogP contribution in [-0.2, 0) is 32.1 Å². The number of carbonyl (C=O) groups excluding carboxylic acids is 2. The van der Waals surface area contributed by atoms with Crippen molar-refractivity contribution >= 4 is 29.4 Å². The molecule has 2 amide bonds. The molecule has 8 heteroatoms. The lowest BCUT2D eigenvalue weighted by atomic mass is 9.95. The van der Waals surface area contributed by atoms with Gasteiger partial charge < -0.3 is 19.6 Å². The van der Waals surface area contributed by atoms with E-state index in [-0.39, 0.29) is 37.9 Å². The first-order chi connectivity index (χ1) is 17.9. The van der Waals surface area contributed by atoms with Crippen LogP contribution in [0.15, 0.2) is 84.9 Å². The molecule has 0 spiro atoms. The molecule has 0 aliphatic carbocycles. The number of benzene rings is 3. The lowest BCUT2D eigenvalue weighted by Crippen LogP contribution is -2.55. The number of hydrogen-bond donors (Lipinski definition) is 1. The molecule has 0 saturated carbocycles. The smallest absolute Gasteiger partial charge is 0.305 e. The second kappa shape index (κ2) is 12.5. The third-order valence-corrected chi connectivity index (χ3v) is 6.61. The summed E-state index contributed by atoms with van der Waals surface area (Å²) in [5.74, 6) is -1.56. The molecule has 1 N–H and O–H groups in total. The molecule has 1 aliphatic heterocycles. The third-order valence-electron chi connectivity index (χ3n) is 6.38. The van der Waals surface area contributed by atoms with E-state index < -0.39 is 18.1 Å². The number of rotatable bonds is 10. The van der Waals surface area contributed by atoms with E-state index >= 15 is 0 Å². The van der Waals surface area contributed by atoms with E-state index in [9.17, 15) is 19.5 Å². The average molecular weight is 521 g/mol. The van der Waals surface area contributed by atoms with Crippen LogP contribution < -0.4 is 0 Å². The Hall–Kier alpha value is -3.68. The zero-order valence-corrected chi connectivity index (χ0v) is 21.1. The average Bonchev–Trinajstić information content (AvgIpc) is 2.90. The molecule has 4 rings (SSSR count). The number of nitrogens with zero attached hydrogens (tertiary/aromatic N) is 2. The van der Waals surface area contributed by atoms with Crippen LogP contribution in [-0.4, -0.2) is 58.5 Å². The quantitative estimate of drug-likeness (QED) is 0.429. The molecule has 37 heavy (non-hydrogen) atoms. The molecule has 1 fully saturated rings. The summed E-state index contributed by atoms with van der Waals surface area (Å²) in [7, 11) is 0. The fourth-order valence-electron chi connectivity index (χ4n) is 4.53. The maximum atomic E-state index is 13.9. The molecule has 192 valence electrons. The zero-order chi connectivity index (χ0) is 26.2.